The summed E-state index contributed by atoms with van der Waals surface area (Å²) in [5, 5.41) is 4.94. The number of benzene rings is 3. The maximum atomic E-state index is 13.3. The maximum Gasteiger partial charge on any atom is 0.325 e. The number of hydrogen-bond donors (Lipinski definition) is 1. The van der Waals surface area contributed by atoms with Gasteiger partial charge in [-0.2, -0.15) is 5.10 Å². The number of ether oxygens (including phenoxy) is 1. The molecule has 1 fully saturated rings. The Labute approximate surface area is 260 Å². The van der Waals surface area contributed by atoms with Crippen LogP contribution < -0.4 is 10.6 Å². The lowest BCUT2D eigenvalue weighted by Gasteiger charge is -2.34. The van der Waals surface area contributed by atoms with Gasteiger partial charge in [0.15, 0.2) is 6.10 Å². The van der Waals surface area contributed by atoms with Crippen LogP contribution in [0, 0.1) is 12.8 Å². The van der Waals surface area contributed by atoms with Gasteiger partial charge in [0.05, 0.1) is 17.1 Å². The minimum atomic E-state index is -0.603. The molecule has 8 heteroatoms. The molecule has 1 aliphatic heterocycles. The highest BCUT2D eigenvalue weighted by Crippen LogP contribution is 2.36. The molecule has 2 heterocycles. The first kappa shape index (κ1) is 31.0. The number of rotatable bonds is 8. The summed E-state index contributed by atoms with van der Waals surface area (Å²) in [6, 6.07) is 27.0. The average molecular weight is 594 g/mol. The number of urea groups is 1. The van der Waals surface area contributed by atoms with E-state index in [-0.39, 0.29) is 11.3 Å². The third-order valence-electron chi connectivity index (χ3n) is 8.42. The number of carbonyl (C=O) groups excluding carboxylic acids is 2. The molecule has 0 unspecified atom stereocenters. The fourth-order valence-corrected chi connectivity index (χ4v) is 5.87. The summed E-state index contributed by atoms with van der Waals surface area (Å²) in [4.78, 5) is 30.1. The van der Waals surface area contributed by atoms with Crippen molar-refractivity contribution in [1.29, 1.82) is 0 Å². The van der Waals surface area contributed by atoms with Gasteiger partial charge >= 0.3 is 6.03 Å². The number of methoxy groups -OCH3 is 1. The van der Waals surface area contributed by atoms with Crippen molar-refractivity contribution >= 4 is 23.4 Å². The van der Waals surface area contributed by atoms with Crippen LogP contribution in [0.1, 0.15) is 62.1 Å². The lowest BCUT2D eigenvalue weighted by Crippen LogP contribution is -2.42. The first-order valence-corrected chi connectivity index (χ1v) is 15.3. The smallest absolute Gasteiger partial charge is 0.325 e. The largest absolute Gasteiger partial charge is 0.367 e. The predicted molar refractivity (Wildman–Crippen MR) is 174 cm³/mol. The van der Waals surface area contributed by atoms with E-state index in [1.165, 1.54) is 0 Å². The lowest BCUT2D eigenvalue weighted by molar-refractivity contribution is -0.143. The number of para-hydroxylation sites is 1. The number of nitrogens with two attached hydrogens (primary N) is 1. The normalized spacial score (nSPS) is 14.8. The van der Waals surface area contributed by atoms with Crippen molar-refractivity contribution in [1.82, 2.24) is 14.7 Å². The van der Waals surface area contributed by atoms with Crippen molar-refractivity contribution < 1.29 is 14.3 Å². The highest BCUT2D eigenvalue weighted by molar-refractivity contribution is 5.98. The Hall–Kier alpha value is -4.43. The lowest BCUT2D eigenvalue weighted by atomic mass is 9.89. The van der Waals surface area contributed by atoms with Gasteiger partial charge in [-0.15, -0.1) is 0 Å². The minimum absolute atomic E-state index is 0.00326. The van der Waals surface area contributed by atoms with Crippen LogP contribution >= 0.6 is 0 Å². The Kier molecular flexibility index (Phi) is 9.20. The molecule has 3 aromatic carbocycles. The zero-order valence-corrected chi connectivity index (χ0v) is 26.4. The van der Waals surface area contributed by atoms with Crippen molar-refractivity contribution in [2.45, 2.75) is 58.5 Å². The van der Waals surface area contributed by atoms with Gasteiger partial charge in [-0.3, -0.25) is 4.79 Å². The molecular weight excluding hydrogens is 550 g/mol. The van der Waals surface area contributed by atoms with Crippen LogP contribution in [0.2, 0.25) is 0 Å². The van der Waals surface area contributed by atoms with E-state index in [4.69, 9.17) is 15.6 Å². The third kappa shape index (κ3) is 6.70. The van der Waals surface area contributed by atoms with Crippen LogP contribution in [0.25, 0.3) is 5.69 Å². The minimum Gasteiger partial charge on any atom is -0.367 e. The third-order valence-corrected chi connectivity index (χ3v) is 8.42. The molecule has 0 saturated carbocycles. The first-order chi connectivity index (χ1) is 21.1. The van der Waals surface area contributed by atoms with Crippen LogP contribution in [-0.2, 0) is 21.4 Å². The van der Waals surface area contributed by atoms with Crippen LogP contribution in [0.15, 0.2) is 84.9 Å². The molecule has 4 aromatic rings. The Bertz CT molecular complexity index is 1580. The molecule has 1 aliphatic rings. The molecule has 1 atom stereocenters. The summed E-state index contributed by atoms with van der Waals surface area (Å²) < 4.78 is 7.41. The summed E-state index contributed by atoms with van der Waals surface area (Å²) in [7, 11) is 1.58. The molecule has 1 saturated heterocycles. The molecule has 0 spiro atoms. The van der Waals surface area contributed by atoms with Crippen molar-refractivity contribution in [2.75, 3.05) is 25.1 Å². The second-order valence-corrected chi connectivity index (χ2v) is 12.7. The van der Waals surface area contributed by atoms with Gasteiger partial charge in [-0.25, -0.2) is 14.4 Å². The Morgan fingerprint density at radius 2 is 1.61 bits per heavy atom. The summed E-state index contributed by atoms with van der Waals surface area (Å²) in [5.74, 6) is 0.946. The number of hydrogen-bond acceptors (Lipinski definition) is 4. The molecule has 1 aromatic heterocycles. The molecule has 5 rings (SSSR count). The fourth-order valence-electron chi connectivity index (χ4n) is 5.87. The van der Waals surface area contributed by atoms with E-state index in [2.05, 4.69) is 26.8 Å². The summed E-state index contributed by atoms with van der Waals surface area (Å²) in [5.41, 5.74) is 11.4. The van der Waals surface area contributed by atoms with Crippen LogP contribution in [0.4, 0.5) is 16.3 Å². The Morgan fingerprint density at radius 1 is 0.977 bits per heavy atom. The second-order valence-electron chi connectivity index (χ2n) is 12.7. The van der Waals surface area contributed by atoms with Crippen LogP contribution in [0.3, 0.4) is 0 Å². The van der Waals surface area contributed by atoms with Crippen molar-refractivity contribution in [3.05, 3.63) is 107 Å². The Balaban J connectivity index is 1.39. The zero-order chi connectivity index (χ0) is 31.4. The summed E-state index contributed by atoms with van der Waals surface area (Å²) >= 11 is 0. The Morgan fingerprint density at radius 3 is 2.23 bits per heavy atom. The number of aryl methyl sites for hydroxylation is 1. The molecule has 8 nitrogen and oxygen atoms in total. The SMILES string of the molecule is CO[C@@H](C(=O)N1CCC(Cc2ccccc2N(C(N)=O)c2cc(C(C)(C)C)nn2-c2ccc(C)cc2)CC1)c1ccccc1. The van der Waals surface area contributed by atoms with Crippen molar-refractivity contribution in [3.63, 3.8) is 0 Å². The van der Waals surface area contributed by atoms with Gasteiger partial charge in [0, 0.05) is 31.7 Å². The van der Waals surface area contributed by atoms with E-state index in [0.717, 1.165) is 53.0 Å². The standard InChI is InChI=1S/C36H43N5O3/c1-25-15-17-29(18-16-25)41-32(24-31(38-41)36(2,3)4)40(35(37)43)30-14-10-9-13-28(30)23-26-19-21-39(22-20-26)34(42)33(44-5)27-11-7-6-8-12-27/h6-18,24,26,33H,19-23H2,1-5H3,(H2,37,43)/t33-/m1/s1. The molecule has 0 aliphatic carbocycles. The van der Waals surface area contributed by atoms with E-state index in [9.17, 15) is 9.59 Å². The maximum absolute atomic E-state index is 13.3. The molecule has 0 radical (unpaired) electrons. The molecular formula is C36H43N5O3. The molecule has 2 N–H and O–H groups in total. The zero-order valence-electron chi connectivity index (χ0n) is 26.4. The average Bonchev–Trinajstić information content (AvgIpc) is 3.45. The van der Waals surface area contributed by atoms with Gasteiger partial charge in [-0.1, -0.05) is 87.0 Å². The summed E-state index contributed by atoms with van der Waals surface area (Å²) in [6.07, 6.45) is 1.88. The van der Waals surface area contributed by atoms with Gasteiger partial charge in [0.1, 0.15) is 5.82 Å². The highest BCUT2D eigenvalue weighted by Gasteiger charge is 2.31. The molecule has 3 amide bonds. The van der Waals surface area contributed by atoms with Gasteiger partial charge < -0.3 is 15.4 Å². The van der Waals surface area contributed by atoms with Crippen LogP contribution in [-0.4, -0.2) is 46.8 Å². The number of carbonyl (C=O) groups is 2. The van der Waals surface area contributed by atoms with E-state index in [1.54, 1.807) is 12.0 Å². The number of likely N-dealkylation sites (tertiary alicyclic amines) is 1. The topological polar surface area (TPSA) is 93.7 Å². The number of anilines is 2. The van der Waals surface area contributed by atoms with Crippen molar-refractivity contribution in [2.24, 2.45) is 11.7 Å². The van der Waals surface area contributed by atoms with E-state index >= 15 is 0 Å². The number of piperidine rings is 1. The number of primary amides is 1. The van der Waals surface area contributed by atoms with E-state index in [0.29, 0.717) is 24.8 Å². The number of aromatic nitrogens is 2. The number of amides is 3. The molecule has 0 bridgehead atoms. The fraction of sp³-hybridized carbons (Fsp3) is 0.361. The molecule has 230 valence electrons. The summed E-state index contributed by atoms with van der Waals surface area (Å²) in [6.45, 7) is 9.67. The van der Waals surface area contributed by atoms with Gasteiger partial charge in [0.2, 0.25) is 0 Å². The first-order valence-electron chi connectivity index (χ1n) is 15.3. The quantitative estimate of drug-likeness (QED) is 0.241. The van der Waals surface area contributed by atoms with Gasteiger partial charge in [-0.05, 0) is 61.4 Å². The van der Waals surface area contributed by atoms with Crippen molar-refractivity contribution in [3.8, 4) is 5.69 Å². The number of nitrogens with zero attached hydrogens (tertiary/aromatic N) is 4. The van der Waals surface area contributed by atoms with E-state index < -0.39 is 12.1 Å². The van der Waals surface area contributed by atoms with E-state index in [1.807, 2.05) is 95.4 Å². The highest BCUT2D eigenvalue weighted by atomic mass is 16.5. The molecule has 44 heavy (non-hydrogen) atoms. The second kappa shape index (κ2) is 13.1. The van der Waals surface area contributed by atoms with Gasteiger partial charge in [0.25, 0.3) is 5.91 Å². The van der Waals surface area contributed by atoms with Crippen LogP contribution in [0.5, 0.6) is 0 Å². The monoisotopic (exact) mass is 593 g/mol. The predicted octanol–water partition coefficient (Wildman–Crippen LogP) is 6.86.